The monoisotopic (exact) mass is 232 g/mol. The van der Waals surface area contributed by atoms with Crippen molar-refractivity contribution in [3.8, 4) is 23.2 Å². The predicted octanol–water partition coefficient (Wildman–Crippen LogP) is 1.68. The van der Waals surface area contributed by atoms with Crippen molar-refractivity contribution < 1.29 is 9.13 Å². The number of benzene rings is 1. The van der Waals surface area contributed by atoms with Crippen LogP contribution in [0, 0.1) is 17.1 Å². The molecule has 86 valence electrons. The summed E-state index contributed by atoms with van der Waals surface area (Å²) < 4.78 is 18.3. The first kappa shape index (κ1) is 11.0. The van der Waals surface area contributed by atoms with Crippen molar-refractivity contribution in [3.63, 3.8) is 0 Å². The number of nitrogens with zero attached hydrogens (tertiary/aromatic N) is 2. The van der Waals surface area contributed by atoms with Gasteiger partial charge < -0.3 is 15.5 Å². The average Bonchev–Trinajstić information content (AvgIpc) is 2.70. The van der Waals surface area contributed by atoms with Gasteiger partial charge in [-0.3, -0.25) is 0 Å². The van der Waals surface area contributed by atoms with E-state index in [0.29, 0.717) is 11.4 Å². The highest BCUT2D eigenvalue weighted by atomic mass is 19.1. The smallest absolute Gasteiger partial charge is 0.165 e. The van der Waals surface area contributed by atoms with E-state index in [2.05, 4.69) is 9.97 Å². The lowest BCUT2D eigenvalue weighted by molar-refractivity contribution is 0.386. The number of imidazole rings is 1. The Hall–Kier alpha value is -2.55. The fourth-order valence-electron chi connectivity index (χ4n) is 1.42. The second-order valence-electron chi connectivity index (χ2n) is 3.31. The van der Waals surface area contributed by atoms with Crippen LogP contribution in [0.5, 0.6) is 5.75 Å². The molecule has 0 fully saturated rings. The summed E-state index contributed by atoms with van der Waals surface area (Å²) in [6.45, 7) is 0. The van der Waals surface area contributed by atoms with Crippen LogP contribution >= 0.6 is 0 Å². The second-order valence-corrected chi connectivity index (χ2v) is 3.31. The maximum absolute atomic E-state index is 13.5. The molecule has 17 heavy (non-hydrogen) atoms. The number of hydrogen-bond acceptors (Lipinski definition) is 4. The number of H-pyrrole nitrogens is 1. The number of anilines is 1. The van der Waals surface area contributed by atoms with E-state index in [1.54, 1.807) is 6.07 Å². The average molecular weight is 232 g/mol. The lowest BCUT2D eigenvalue weighted by Gasteiger charge is -2.02. The number of nitrogens with one attached hydrogen (secondary N) is 1. The summed E-state index contributed by atoms with van der Waals surface area (Å²) in [5.74, 6) is 0.0894. The van der Waals surface area contributed by atoms with Gasteiger partial charge >= 0.3 is 0 Å². The standard InChI is InChI=1S/C11H9FN4O/c1-17-9-3-2-6(4-7(9)12)11-15-8(5-13)10(14)16-11/h2-4H,14H2,1H3,(H,15,16). The number of halogens is 1. The van der Waals surface area contributed by atoms with Gasteiger partial charge in [-0.05, 0) is 18.2 Å². The highest BCUT2D eigenvalue weighted by molar-refractivity contribution is 5.62. The van der Waals surface area contributed by atoms with E-state index in [1.165, 1.54) is 19.2 Å². The summed E-state index contributed by atoms with van der Waals surface area (Å²) in [4.78, 5) is 6.65. The van der Waals surface area contributed by atoms with Crippen molar-refractivity contribution in [2.24, 2.45) is 0 Å². The van der Waals surface area contributed by atoms with Crippen molar-refractivity contribution in [3.05, 3.63) is 29.7 Å². The molecular weight excluding hydrogens is 223 g/mol. The van der Waals surface area contributed by atoms with Gasteiger partial charge in [-0.1, -0.05) is 0 Å². The van der Waals surface area contributed by atoms with Crippen LogP contribution in [0.1, 0.15) is 5.69 Å². The Morgan fingerprint density at radius 1 is 1.53 bits per heavy atom. The minimum atomic E-state index is -0.501. The Kier molecular flexibility index (Phi) is 2.66. The van der Waals surface area contributed by atoms with E-state index in [9.17, 15) is 4.39 Å². The van der Waals surface area contributed by atoms with Crippen LogP contribution in [0.3, 0.4) is 0 Å². The second kappa shape index (κ2) is 4.14. The Labute approximate surface area is 96.7 Å². The van der Waals surface area contributed by atoms with Crippen LogP contribution in [-0.2, 0) is 0 Å². The maximum atomic E-state index is 13.5. The van der Waals surface area contributed by atoms with Gasteiger partial charge in [-0.2, -0.15) is 5.26 Å². The third-order valence-electron chi connectivity index (χ3n) is 2.27. The molecule has 0 radical (unpaired) electrons. The number of methoxy groups -OCH3 is 1. The number of nitrogens with two attached hydrogens (primary N) is 1. The summed E-state index contributed by atoms with van der Waals surface area (Å²) >= 11 is 0. The minimum Gasteiger partial charge on any atom is -0.494 e. The van der Waals surface area contributed by atoms with Crippen molar-refractivity contribution in [1.29, 1.82) is 5.26 Å². The number of nitrogen functional groups attached to an aromatic ring is 1. The number of aromatic amines is 1. The minimum absolute atomic E-state index is 0.0960. The van der Waals surface area contributed by atoms with Gasteiger partial charge in [0.15, 0.2) is 23.1 Å². The molecule has 2 aromatic rings. The van der Waals surface area contributed by atoms with E-state index in [4.69, 9.17) is 15.7 Å². The maximum Gasteiger partial charge on any atom is 0.165 e. The number of rotatable bonds is 2. The zero-order valence-corrected chi connectivity index (χ0v) is 8.99. The largest absolute Gasteiger partial charge is 0.494 e. The molecule has 1 aromatic heterocycles. The van der Waals surface area contributed by atoms with E-state index in [-0.39, 0.29) is 17.3 Å². The molecule has 0 saturated heterocycles. The summed E-state index contributed by atoms with van der Waals surface area (Å²) in [5.41, 5.74) is 6.16. The zero-order valence-electron chi connectivity index (χ0n) is 8.99. The molecule has 3 N–H and O–H groups in total. The molecule has 0 atom stereocenters. The van der Waals surface area contributed by atoms with Gasteiger partial charge in [0.1, 0.15) is 11.9 Å². The summed E-state index contributed by atoms with van der Waals surface area (Å²) in [6.07, 6.45) is 0. The number of aromatic nitrogens is 2. The van der Waals surface area contributed by atoms with Crippen molar-refractivity contribution in [1.82, 2.24) is 9.97 Å². The molecule has 2 rings (SSSR count). The Balaban J connectivity index is 2.47. The predicted molar refractivity (Wildman–Crippen MR) is 59.7 cm³/mol. The molecule has 0 unspecified atom stereocenters. The van der Waals surface area contributed by atoms with E-state index in [1.807, 2.05) is 6.07 Å². The molecule has 1 aromatic carbocycles. The first-order chi connectivity index (χ1) is 8.15. The van der Waals surface area contributed by atoms with Crippen LogP contribution in [0.4, 0.5) is 10.2 Å². The summed E-state index contributed by atoms with van der Waals surface area (Å²) in [6, 6.07) is 6.23. The third kappa shape index (κ3) is 1.90. The normalized spacial score (nSPS) is 9.94. The quantitative estimate of drug-likeness (QED) is 0.824. The van der Waals surface area contributed by atoms with E-state index >= 15 is 0 Å². The number of nitriles is 1. The van der Waals surface area contributed by atoms with Gasteiger partial charge in [-0.15, -0.1) is 0 Å². The molecule has 0 saturated carbocycles. The Morgan fingerprint density at radius 2 is 2.29 bits per heavy atom. The van der Waals surface area contributed by atoms with Gasteiger partial charge in [0, 0.05) is 5.56 Å². The third-order valence-corrected chi connectivity index (χ3v) is 2.27. The first-order valence-corrected chi connectivity index (χ1v) is 4.75. The highest BCUT2D eigenvalue weighted by Crippen LogP contribution is 2.24. The van der Waals surface area contributed by atoms with E-state index in [0.717, 1.165) is 0 Å². The van der Waals surface area contributed by atoms with Crippen molar-refractivity contribution in [2.45, 2.75) is 0 Å². The summed E-state index contributed by atoms with van der Waals surface area (Å²) in [5, 5.41) is 8.72. The van der Waals surface area contributed by atoms with Gasteiger partial charge in [0.2, 0.25) is 0 Å². The fraction of sp³-hybridized carbons (Fsp3) is 0.0909. The van der Waals surface area contributed by atoms with Crippen LogP contribution in [0.2, 0.25) is 0 Å². The topological polar surface area (TPSA) is 87.7 Å². The van der Waals surface area contributed by atoms with Crippen molar-refractivity contribution in [2.75, 3.05) is 12.8 Å². The van der Waals surface area contributed by atoms with Crippen LogP contribution in [-0.4, -0.2) is 17.1 Å². The summed E-state index contributed by atoms with van der Waals surface area (Å²) in [7, 11) is 1.39. The molecule has 0 aliphatic heterocycles. The Morgan fingerprint density at radius 3 is 2.82 bits per heavy atom. The molecule has 5 nitrogen and oxygen atoms in total. The SMILES string of the molecule is COc1ccc(-c2nc(N)c(C#N)[nH]2)cc1F. The lowest BCUT2D eigenvalue weighted by atomic mass is 10.2. The molecule has 6 heteroatoms. The van der Waals surface area contributed by atoms with Gasteiger partial charge in [-0.25, -0.2) is 9.37 Å². The fourth-order valence-corrected chi connectivity index (χ4v) is 1.42. The molecule has 0 spiro atoms. The molecule has 0 aliphatic rings. The van der Waals surface area contributed by atoms with Gasteiger partial charge in [0.25, 0.3) is 0 Å². The zero-order chi connectivity index (χ0) is 12.4. The molecule has 0 bridgehead atoms. The van der Waals surface area contributed by atoms with Gasteiger partial charge in [0.05, 0.1) is 7.11 Å². The molecular formula is C11H9FN4O. The highest BCUT2D eigenvalue weighted by Gasteiger charge is 2.11. The lowest BCUT2D eigenvalue weighted by Crippen LogP contribution is -1.89. The van der Waals surface area contributed by atoms with E-state index < -0.39 is 5.82 Å². The molecule has 1 heterocycles. The molecule has 0 aliphatic carbocycles. The number of ether oxygens (including phenoxy) is 1. The van der Waals surface area contributed by atoms with Crippen LogP contribution in [0.25, 0.3) is 11.4 Å². The Bertz CT molecular complexity index is 600. The molecule has 0 amide bonds. The van der Waals surface area contributed by atoms with Crippen molar-refractivity contribution >= 4 is 5.82 Å². The first-order valence-electron chi connectivity index (χ1n) is 4.75. The number of hydrogen-bond donors (Lipinski definition) is 2. The van der Waals surface area contributed by atoms with Crippen LogP contribution < -0.4 is 10.5 Å². The van der Waals surface area contributed by atoms with Crippen LogP contribution in [0.15, 0.2) is 18.2 Å².